The topological polar surface area (TPSA) is 66.9 Å². The van der Waals surface area contributed by atoms with Gasteiger partial charge in [0.25, 0.3) is 0 Å². The summed E-state index contributed by atoms with van der Waals surface area (Å²) >= 11 is 0. The molecule has 0 saturated heterocycles. The molecule has 0 atom stereocenters. The summed E-state index contributed by atoms with van der Waals surface area (Å²) in [6.45, 7) is 0.165. The Morgan fingerprint density at radius 3 is 2.09 bits per heavy atom. The Balaban J connectivity index is 2.19. The number of aromatic nitrogens is 1. The van der Waals surface area contributed by atoms with Crippen LogP contribution in [0.3, 0.4) is 0 Å². The van der Waals surface area contributed by atoms with Crippen molar-refractivity contribution in [1.29, 1.82) is 0 Å². The summed E-state index contributed by atoms with van der Waals surface area (Å²) in [5.74, 6) is 0.752. The van der Waals surface area contributed by atoms with E-state index in [0.29, 0.717) is 22.8 Å². The molecule has 2 aromatic rings. The first-order valence-electron chi connectivity index (χ1n) is 6.55. The van der Waals surface area contributed by atoms with Gasteiger partial charge in [0.1, 0.15) is 6.61 Å². The van der Waals surface area contributed by atoms with Gasteiger partial charge in [0.2, 0.25) is 5.75 Å². The first-order valence-corrected chi connectivity index (χ1v) is 6.55. The summed E-state index contributed by atoms with van der Waals surface area (Å²) in [4.78, 5) is 16.1. The number of pyridine rings is 1. The van der Waals surface area contributed by atoms with E-state index >= 15 is 0 Å². The molecule has 0 unspecified atom stereocenters. The number of rotatable bonds is 6. The largest absolute Gasteiger partial charge is 0.493 e. The first-order chi connectivity index (χ1) is 10.7. The van der Waals surface area contributed by atoms with Crippen molar-refractivity contribution in [3.05, 3.63) is 47.8 Å². The molecule has 2 rings (SSSR count). The van der Waals surface area contributed by atoms with E-state index in [-0.39, 0.29) is 6.61 Å². The number of nitrogens with zero attached hydrogens (tertiary/aromatic N) is 1. The monoisotopic (exact) mass is 303 g/mol. The number of esters is 1. The van der Waals surface area contributed by atoms with E-state index < -0.39 is 5.97 Å². The van der Waals surface area contributed by atoms with Gasteiger partial charge in [0.05, 0.1) is 26.9 Å². The number of ether oxygens (including phenoxy) is 4. The number of carbonyl (C=O) groups is 1. The second kappa shape index (κ2) is 7.31. The van der Waals surface area contributed by atoms with Gasteiger partial charge >= 0.3 is 5.97 Å². The molecular formula is C16H17NO5. The van der Waals surface area contributed by atoms with Crippen LogP contribution in [0.25, 0.3) is 0 Å². The Kier molecular flexibility index (Phi) is 5.19. The molecule has 0 fully saturated rings. The molecule has 6 heteroatoms. The molecule has 22 heavy (non-hydrogen) atoms. The van der Waals surface area contributed by atoms with Gasteiger partial charge in [-0.2, -0.15) is 0 Å². The van der Waals surface area contributed by atoms with Crippen molar-refractivity contribution in [2.45, 2.75) is 6.61 Å². The lowest BCUT2D eigenvalue weighted by Gasteiger charge is -2.13. The lowest BCUT2D eigenvalue weighted by atomic mass is 10.2. The quantitative estimate of drug-likeness (QED) is 0.764. The molecule has 0 aliphatic carbocycles. The predicted molar refractivity (Wildman–Crippen MR) is 79.5 cm³/mol. The molecule has 1 aromatic heterocycles. The fraction of sp³-hybridized carbons (Fsp3) is 0.250. The molecule has 116 valence electrons. The minimum atomic E-state index is -0.476. The minimum Gasteiger partial charge on any atom is -0.493 e. The van der Waals surface area contributed by atoms with Crippen LogP contribution in [-0.2, 0) is 11.3 Å². The summed E-state index contributed by atoms with van der Waals surface area (Å²) in [6.07, 6.45) is 3.28. The fourth-order valence-corrected chi connectivity index (χ4v) is 1.91. The van der Waals surface area contributed by atoms with Crippen molar-refractivity contribution in [3.8, 4) is 17.2 Å². The third kappa shape index (κ3) is 3.46. The number of methoxy groups -OCH3 is 3. The van der Waals surface area contributed by atoms with Gasteiger partial charge in [-0.25, -0.2) is 4.79 Å². The van der Waals surface area contributed by atoms with Gasteiger partial charge in [0, 0.05) is 12.4 Å². The molecule has 0 radical (unpaired) electrons. The summed E-state index contributed by atoms with van der Waals surface area (Å²) in [5.41, 5.74) is 1.18. The van der Waals surface area contributed by atoms with E-state index in [4.69, 9.17) is 18.9 Å². The maximum absolute atomic E-state index is 12.2. The summed E-state index contributed by atoms with van der Waals surface area (Å²) < 4.78 is 20.9. The molecule has 6 nitrogen and oxygen atoms in total. The zero-order valence-corrected chi connectivity index (χ0v) is 12.7. The highest BCUT2D eigenvalue weighted by molar-refractivity contribution is 5.91. The normalized spacial score (nSPS) is 9.95. The van der Waals surface area contributed by atoms with Gasteiger partial charge in [-0.3, -0.25) is 4.98 Å². The van der Waals surface area contributed by atoms with Crippen LogP contribution in [0.4, 0.5) is 0 Å². The van der Waals surface area contributed by atoms with Crippen LogP contribution in [0.5, 0.6) is 17.2 Å². The van der Waals surface area contributed by atoms with Gasteiger partial charge in [-0.15, -0.1) is 0 Å². The predicted octanol–water partition coefficient (Wildman–Crippen LogP) is 2.46. The summed E-state index contributed by atoms with van der Waals surface area (Å²) in [7, 11) is 4.48. The van der Waals surface area contributed by atoms with Crippen LogP contribution in [0.15, 0.2) is 36.7 Å². The van der Waals surface area contributed by atoms with Crippen LogP contribution >= 0.6 is 0 Å². The van der Waals surface area contributed by atoms with Crippen molar-refractivity contribution in [2.24, 2.45) is 0 Å². The third-order valence-electron chi connectivity index (χ3n) is 3.02. The first kappa shape index (κ1) is 15.6. The highest BCUT2D eigenvalue weighted by Crippen LogP contribution is 2.38. The maximum Gasteiger partial charge on any atom is 0.338 e. The summed E-state index contributed by atoms with van der Waals surface area (Å²) in [5, 5.41) is 0. The zero-order valence-electron chi connectivity index (χ0n) is 12.7. The number of benzene rings is 1. The highest BCUT2D eigenvalue weighted by Gasteiger charge is 2.17. The Morgan fingerprint density at radius 2 is 1.59 bits per heavy atom. The molecular weight excluding hydrogens is 286 g/mol. The zero-order chi connectivity index (χ0) is 15.9. The van der Waals surface area contributed by atoms with E-state index in [0.717, 1.165) is 5.56 Å². The van der Waals surface area contributed by atoms with Crippen LogP contribution in [0, 0.1) is 0 Å². The van der Waals surface area contributed by atoms with E-state index in [1.807, 2.05) is 0 Å². The minimum absolute atomic E-state index is 0.165. The molecule has 0 saturated carbocycles. The molecule has 0 spiro atoms. The Hall–Kier alpha value is -2.76. The van der Waals surface area contributed by atoms with Crippen molar-refractivity contribution in [2.75, 3.05) is 21.3 Å². The lowest BCUT2D eigenvalue weighted by molar-refractivity contribution is 0.0471. The standard InChI is InChI=1S/C16H17NO5/c1-19-13-8-12(9-14(20-2)15(13)21-3)16(18)22-10-11-4-6-17-7-5-11/h4-9H,10H2,1-3H3. The van der Waals surface area contributed by atoms with E-state index in [2.05, 4.69) is 4.98 Å². The van der Waals surface area contributed by atoms with E-state index in [9.17, 15) is 4.79 Å². The smallest absolute Gasteiger partial charge is 0.338 e. The number of hydrogen-bond acceptors (Lipinski definition) is 6. The number of carbonyl (C=O) groups excluding carboxylic acids is 1. The molecule has 0 bridgehead atoms. The third-order valence-corrected chi connectivity index (χ3v) is 3.02. The highest BCUT2D eigenvalue weighted by atomic mass is 16.5. The second-order valence-corrected chi connectivity index (χ2v) is 4.35. The molecule has 1 heterocycles. The van der Waals surface area contributed by atoms with Gasteiger partial charge in [0.15, 0.2) is 11.5 Å². The average molecular weight is 303 g/mol. The van der Waals surface area contributed by atoms with Gasteiger partial charge in [-0.1, -0.05) is 0 Å². The van der Waals surface area contributed by atoms with Crippen LogP contribution in [-0.4, -0.2) is 32.3 Å². The van der Waals surface area contributed by atoms with Crippen molar-refractivity contribution in [1.82, 2.24) is 4.98 Å². The number of hydrogen-bond donors (Lipinski definition) is 0. The summed E-state index contributed by atoms with van der Waals surface area (Å²) in [6, 6.07) is 6.66. The van der Waals surface area contributed by atoms with Crippen molar-refractivity contribution in [3.63, 3.8) is 0 Å². The Labute approximate surface area is 128 Å². The molecule has 0 aliphatic heterocycles. The Morgan fingerprint density at radius 1 is 1.00 bits per heavy atom. The molecule has 0 amide bonds. The molecule has 0 aliphatic rings. The van der Waals surface area contributed by atoms with Crippen molar-refractivity contribution < 1.29 is 23.7 Å². The van der Waals surface area contributed by atoms with Gasteiger partial charge < -0.3 is 18.9 Å². The maximum atomic E-state index is 12.2. The van der Waals surface area contributed by atoms with Crippen LogP contribution in [0.2, 0.25) is 0 Å². The average Bonchev–Trinajstić information content (AvgIpc) is 2.59. The van der Waals surface area contributed by atoms with Crippen molar-refractivity contribution >= 4 is 5.97 Å². The molecule has 0 N–H and O–H groups in total. The fourth-order valence-electron chi connectivity index (χ4n) is 1.91. The second-order valence-electron chi connectivity index (χ2n) is 4.35. The Bertz CT molecular complexity index is 617. The molecule has 1 aromatic carbocycles. The van der Waals surface area contributed by atoms with Crippen LogP contribution in [0.1, 0.15) is 15.9 Å². The van der Waals surface area contributed by atoms with E-state index in [1.165, 1.54) is 21.3 Å². The van der Waals surface area contributed by atoms with Crippen LogP contribution < -0.4 is 14.2 Å². The lowest BCUT2D eigenvalue weighted by Crippen LogP contribution is -2.07. The van der Waals surface area contributed by atoms with Gasteiger partial charge in [-0.05, 0) is 29.8 Å². The van der Waals surface area contributed by atoms with E-state index in [1.54, 1.807) is 36.7 Å². The SMILES string of the molecule is COc1cc(C(=O)OCc2ccncc2)cc(OC)c1OC.